The zero-order chi connectivity index (χ0) is 14.8. The van der Waals surface area contributed by atoms with Crippen molar-refractivity contribution in [2.45, 2.75) is 12.8 Å². The van der Waals surface area contributed by atoms with Gasteiger partial charge in [-0.3, -0.25) is 10.1 Å². The molecule has 0 bridgehead atoms. The van der Waals surface area contributed by atoms with Gasteiger partial charge in [0, 0.05) is 25.4 Å². The van der Waals surface area contributed by atoms with Crippen LogP contribution >= 0.6 is 0 Å². The van der Waals surface area contributed by atoms with Crippen LogP contribution in [0.15, 0.2) is 30.0 Å². The molecular weight excluding hydrogens is 266 g/mol. The number of allylic oxidation sites excluding steroid dienone is 1. The van der Waals surface area contributed by atoms with Crippen LogP contribution in [-0.4, -0.2) is 36.5 Å². The number of nitrogens with one attached hydrogen (secondary N) is 1. The quantitative estimate of drug-likeness (QED) is 0.477. The molecule has 0 amide bonds. The Hall–Kier alpha value is -2.14. The SMILES string of the molecule is CNCCCN1C=c2cccc3c2=C(C=C([N+](=O)[O-])C3)C1. The molecule has 1 aliphatic heterocycles. The molecule has 0 spiro atoms. The lowest BCUT2D eigenvalue weighted by molar-refractivity contribution is -0.427. The minimum absolute atomic E-state index is 0.258. The summed E-state index contributed by atoms with van der Waals surface area (Å²) in [4.78, 5) is 13.1. The minimum atomic E-state index is -0.258. The first-order valence-corrected chi connectivity index (χ1v) is 7.25. The van der Waals surface area contributed by atoms with Crippen molar-refractivity contribution >= 4 is 11.8 Å². The van der Waals surface area contributed by atoms with Crippen molar-refractivity contribution < 1.29 is 4.92 Å². The normalized spacial score (nSPS) is 16.1. The van der Waals surface area contributed by atoms with Gasteiger partial charge in [0.2, 0.25) is 0 Å². The Labute approximate surface area is 123 Å². The van der Waals surface area contributed by atoms with Crippen molar-refractivity contribution in [3.8, 4) is 0 Å². The van der Waals surface area contributed by atoms with Gasteiger partial charge in [-0.15, -0.1) is 0 Å². The van der Waals surface area contributed by atoms with E-state index in [1.807, 2.05) is 19.2 Å². The molecule has 0 fully saturated rings. The molecule has 0 atom stereocenters. The number of nitro groups is 1. The van der Waals surface area contributed by atoms with E-state index in [4.69, 9.17) is 0 Å². The summed E-state index contributed by atoms with van der Waals surface area (Å²) in [6, 6.07) is 6.08. The van der Waals surface area contributed by atoms with Crippen molar-refractivity contribution in [3.63, 3.8) is 0 Å². The molecule has 21 heavy (non-hydrogen) atoms. The topological polar surface area (TPSA) is 58.4 Å². The van der Waals surface area contributed by atoms with Crippen LogP contribution in [0.4, 0.5) is 0 Å². The van der Waals surface area contributed by atoms with E-state index in [1.54, 1.807) is 6.08 Å². The van der Waals surface area contributed by atoms with E-state index in [2.05, 4.69) is 22.5 Å². The van der Waals surface area contributed by atoms with Gasteiger partial charge in [-0.25, -0.2) is 0 Å². The molecule has 5 heteroatoms. The summed E-state index contributed by atoms with van der Waals surface area (Å²) >= 11 is 0. The number of hydrogen-bond donors (Lipinski definition) is 1. The lowest BCUT2D eigenvalue weighted by Crippen LogP contribution is -2.42. The van der Waals surface area contributed by atoms with E-state index in [1.165, 1.54) is 10.4 Å². The van der Waals surface area contributed by atoms with E-state index in [0.717, 1.165) is 37.2 Å². The van der Waals surface area contributed by atoms with Crippen LogP contribution in [0.25, 0.3) is 11.8 Å². The molecule has 0 saturated heterocycles. The Morgan fingerprint density at radius 2 is 2.29 bits per heavy atom. The van der Waals surface area contributed by atoms with E-state index in [-0.39, 0.29) is 4.92 Å². The maximum atomic E-state index is 11.1. The fraction of sp³-hybridized carbons (Fsp3) is 0.375. The van der Waals surface area contributed by atoms with Crippen LogP contribution < -0.4 is 15.8 Å². The second-order valence-electron chi connectivity index (χ2n) is 5.53. The lowest BCUT2D eigenvalue weighted by Gasteiger charge is -2.26. The molecule has 5 nitrogen and oxygen atoms in total. The molecule has 0 saturated carbocycles. The van der Waals surface area contributed by atoms with E-state index in [9.17, 15) is 10.1 Å². The summed E-state index contributed by atoms with van der Waals surface area (Å²) in [6.45, 7) is 2.68. The van der Waals surface area contributed by atoms with Gasteiger partial charge in [0.15, 0.2) is 0 Å². The Kier molecular flexibility index (Phi) is 3.75. The van der Waals surface area contributed by atoms with Crippen molar-refractivity contribution in [2.24, 2.45) is 0 Å². The minimum Gasteiger partial charge on any atom is -0.372 e. The van der Waals surface area contributed by atoms with Gasteiger partial charge in [0.1, 0.15) is 0 Å². The molecule has 1 aromatic rings. The molecular formula is C16H19N3O2. The molecule has 0 radical (unpaired) electrons. The summed E-state index contributed by atoms with van der Waals surface area (Å²) in [5.41, 5.74) is 2.44. The first-order chi connectivity index (χ1) is 10.2. The molecule has 1 N–H and O–H groups in total. The zero-order valence-corrected chi connectivity index (χ0v) is 12.1. The second-order valence-corrected chi connectivity index (χ2v) is 5.53. The number of nitrogens with zero attached hydrogens (tertiary/aromatic N) is 2. The number of hydrogen-bond acceptors (Lipinski definition) is 4. The first-order valence-electron chi connectivity index (χ1n) is 7.25. The van der Waals surface area contributed by atoms with Crippen LogP contribution in [0.2, 0.25) is 0 Å². The Balaban J connectivity index is 1.99. The van der Waals surface area contributed by atoms with Gasteiger partial charge in [-0.1, -0.05) is 18.2 Å². The summed E-state index contributed by atoms with van der Waals surface area (Å²) in [6.07, 6.45) is 5.43. The van der Waals surface area contributed by atoms with Crippen molar-refractivity contribution in [3.05, 3.63) is 56.1 Å². The Morgan fingerprint density at radius 1 is 1.43 bits per heavy atom. The molecule has 1 aromatic carbocycles. The lowest BCUT2D eigenvalue weighted by atomic mass is 9.93. The first kappa shape index (κ1) is 13.8. The van der Waals surface area contributed by atoms with Crippen LogP contribution in [0.1, 0.15) is 12.0 Å². The van der Waals surface area contributed by atoms with Gasteiger partial charge < -0.3 is 10.2 Å². The molecule has 2 aliphatic rings. The third-order valence-electron chi connectivity index (χ3n) is 4.02. The molecule has 1 heterocycles. The summed E-state index contributed by atoms with van der Waals surface area (Å²) in [5, 5.41) is 16.6. The maximum Gasteiger partial charge on any atom is 0.250 e. The second kappa shape index (κ2) is 5.69. The Bertz CT molecular complexity index is 722. The average molecular weight is 285 g/mol. The zero-order valence-electron chi connectivity index (χ0n) is 12.1. The third-order valence-corrected chi connectivity index (χ3v) is 4.02. The van der Waals surface area contributed by atoms with Crippen molar-refractivity contribution in [1.29, 1.82) is 0 Å². The number of benzene rings is 1. The van der Waals surface area contributed by atoms with E-state index < -0.39 is 0 Å². The number of rotatable bonds is 5. The predicted octanol–water partition coefficient (Wildman–Crippen LogP) is 0.217. The standard InChI is InChI=1S/C16H19N3O2/c1-17-6-3-7-18-10-13-5-2-4-12-8-15(19(20)21)9-14(11-18)16(12)13/h2,4-5,9-10,17H,3,6-8,11H2,1H3. The van der Waals surface area contributed by atoms with Gasteiger partial charge in [0.25, 0.3) is 5.70 Å². The van der Waals surface area contributed by atoms with Crippen molar-refractivity contribution in [2.75, 3.05) is 26.7 Å². The van der Waals surface area contributed by atoms with Gasteiger partial charge in [-0.2, -0.15) is 0 Å². The molecule has 0 unspecified atom stereocenters. The van der Waals surface area contributed by atoms with E-state index in [0.29, 0.717) is 12.1 Å². The molecule has 0 aromatic heterocycles. The highest BCUT2D eigenvalue weighted by molar-refractivity contribution is 5.65. The van der Waals surface area contributed by atoms with E-state index >= 15 is 0 Å². The summed E-state index contributed by atoms with van der Waals surface area (Å²) in [7, 11) is 1.95. The van der Waals surface area contributed by atoms with Crippen LogP contribution in [-0.2, 0) is 6.42 Å². The maximum absolute atomic E-state index is 11.1. The summed E-state index contributed by atoms with van der Waals surface area (Å²) < 4.78 is 0. The predicted molar refractivity (Wildman–Crippen MR) is 82.5 cm³/mol. The fourth-order valence-electron chi connectivity index (χ4n) is 3.09. The largest absolute Gasteiger partial charge is 0.372 e. The third kappa shape index (κ3) is 2.69. The highest BCUT2D eigenvalue weighted by Crippen LogP contribution is 2.17. The average Bonchev–Trinajstić information content (AvgIpc) is 2.47. The van der Waals surface area contributed by atoms with Gasteiger partial charge in [-0.05, 0) is 41.6 Å². The molecule has 110 valence electrons. The highest BCUT2D eigenvalue weighted by Gasteiger charge is 2.22. The molecule has 1 aliphatic carbocycles. The fourth-order valence-corrected chi connectivity index (χ4v) is 3.09. The van der Waals surface area contributed by atoms with Gasteiger partial charge in [0.05, 0.1) is 11.3 Å². The van der Waals surface area contributed by atoms with Gasteiger partial charge >= 0.3 is 0 Å². The molecule has 3 rings (SSSR count). The van der Waals surface area contributed by atoms with Crippen LogP contribution in [0.3, 0.4) is 0 Å². The Morgan fingerprint density at radius 3 is 3.05 bits per heavy atom. The smallest absolute Gasteiger partial charge is 0.250 e. The van der Waals surface area contributed by atoms with Crippen LogP contribution in [0.5, 0.6) is 0 Å². The van der Waals surface area contributed by atoms with Crippen molar-refractivity contribution in [1.82, 2.24) is 10.2 Å². The highest BCUT2D eigenvalue weighted by atomic mass is 16.6. The monoisotopic (exact) mass is 285 g/mol. The summed E-state index contributed by atoms with van der Waals surface area (Å²) in [5.74, 6) is 0. The van der Waals surface area contributed by atoms with Crippen LogP contribution in [0, 0.1) is 10.1 Å².